The predicted molar refractivity (Wildman–Crippen MR) is 195 cm³/mol. The predicted octanol–water partition coefficient (Wildman–Crippen LogP) is 6.01. The second kappa shape index (κ2) is 22.7. The molecule has 2 aromatic heterocycles. The standard InChI is InChI=1S/C16H23N3O3.C13H23NO4.C5H6N2.C4H8O/c1-16(2,3)22-15(21)19-8-5-12(6-9-19)14(20)10-13-4-7-17-11-18-13;1-5-17-11(15)10-6-8-14(9-7-10)12(16)18-13(2,3)4;1-5-2-3-6-4-7-5;1-2-4-5-3-1/h4,7,11-12H,5-6,8-10H2,1-3H3;10H,5-9H2,1-4H3;2-4H,1H3;1-4H2. The number of amides is 2. The van der Waals surface area contributed by atoms with Crippen molar-refractivity contribution in [2.24, 2.45) is 11.8 Å². The van der Waals surface area contributed by atoms with Crippen LogP contribution in [-0.2, 0) is 35.0 Å². The zero-order valence-electron chi connectivity index (χ0n) is 32.5. The summed E-state index contributed by atoms with van der Waals surface area (Å²) >= 11 is 0. The zero-order chi connectivity index (χ0) is 38.6. The van der Waals surface area contributed by atoms with E-state index in [0.29, 0.717) is 64.9 Å². The molecular formula is C38H60N6O8. The van der Waals surface area contributed by atoms with Crippen molar-refractivity contribution >= 4 is 23.9 Å². The smallest absolute Gasteiger partial charge is 0.410 e. The molecule has 2 amide bonds. The third-order valence-electron chi connectivity index (χ3n) is 7.92. The van der Waals surface area contributed by atoms with E-state index in [1.807, 2.05) is 54.5 Å². The highest BCUT2D eigenvalue weighted by Crippen LogP contribution is 2.22. The van der Waals surface area contributed by atoms with Crippen LogP contribution in [0.2, 0.25) is 0 Å². The van der Waals surface area contributed by atoms with E-state index in [0.717, 1.165) is 24.6 Å². The molecule has 0 saturated carbocycles. The number of hydrogen-bond donors (Lipinski definition) is 0. The number of aryl methyl sites for hydroxylation is 1. The van der Waals surface area contributed by atoms with Crippen LogP contribution in [0.3, 0.4) is 0 Å². The molecule has 0 bridgehead atoms. The number of carbonyl (C=O) groups is 4. The number of rotatable bonds is 5. The van der Waals surface area contributed by atoms with Crippen molar-refractivity contribution in [2.45, 2.75) is 112 Å². The average Bonchev–Trinajstić information content (AvgIpc) is 3.69. The van der Waals surface area contributed by atoms with E-state index in [-0.39, 0.29) is 35.8 Å². The van der Waals surface area contributed by atoms with Gasteiger partial charge in [-0.25, -0.2) is 29.5 Å². The lowest BCUT2D eigenvalue weighted by Gasteiger charge is -2.32. The number of aromatic nitrogens is 4. The third-order valence-corrected chi connectivity index (χ3v) is 7.92. The summed E-state index contributed by atoms with van der Waals surface area (Å²) in [4.78, 5) is 66.5. The van der Waals surface area contributed by atoms with Crippen molar-refractivity contribution in [3.05, 3.63) is 48.6 Å². The molecular weight excluding hydrogens is 668 g/mol. The van der Waals surface area contributed by atoms with E-state index in [1.165, 1.54) is 25.5 Å². The van der Waals surface area contributed by atoms with Crippen LogP contribution in [0, 0.1) is 18.8 Å². The van der Waals surface area contributed by atoms with Gasteiger partial charge in [-0.1, -0.05) is 0 Å². The monoisotopic (exact) mass is 728 g/mol. The lowest BCUT2D eigenvalue weighted by Crippen LogP contribution is -2.43. The number of ketones is 1. The minimum absolute atomic E-state index is 0.00588. The maximum atomic E-state index is 12.3. The highest BCUT2D eigenvalue weighted by Gasteiger charge is 2.31. The minimum Gasteiger partial charge on any atom is -0.466 e. The van der Waals surface area contributed by atoms with E-state index in [9.17, 15) is 19.2 Å². The molecule has 0 aromatic carbocycles. The van der Waals surface area contributed by atoms with Gasteiger partial charge in [0.15, 0.2) is 0 Å². The SMILES string of the molecule is C1CCOC1.CC(C)(C)OC(=O)N1CCC(C(=O)Cc2ccncn2)CC1.CCOC(=O)C1CCN(C(=O)OC(C)(C)C)CC1.Cc1ccncn1. The Hall–Kier alpha value is -4.20. The molecule has 14 heteroatoms. The van der Waals surface area contributed by atoms with Gasteiger partial charge in [-0.3, -0.25) is 9.59 Å². The van der Waals surface area contributed by atoms with Crippen LogP contribution in [0.15, 0.2) is 37.2 Å². The van der Waals surface area contributed by atoms with Gasteiger partial charge in [-0.05, 0) is 106 Å². The van der Waals surface area contributed by atoms with E-state index in [4.69, 9.17) is 18.9 Å². The second-order valence-corrected chi connectivity index (χ2v) is 14.7. The van der Waals surface area contributed by atoms with E-state index >= 15 is 0 Å². The number of esters is 1. The highest BCUT2D eigenvalue weighted by atomic mass is 16.6. The van der Waals surface area contributed by atoms with Crippen LogP contribution in [-0.4, -0.2) is 111 Å². The second-order valence-electron chi connectivity index (χ2n) is 14.7. The number of nitrogens with zero attached hydrogens (tertiary/aromatic N) is 6. The minimum atomic E-state index is -0.489. The molecule has 2 aromatic rings. The summed E-state index contributed by atoms with van der Waals surface area (Å²) in [6, 6.07) is 3.62. The van der Waals surface area contributed by atoms with E-state index in [2.05, 4.69) is 19.9 Å². The van der Waals surface area contributed by atoms with Crippen molar-refractivity contribution in [3.63, 3.8) is 0 Å². The first kappa shape index (κ1) is 44.0. The lowest BCUT2D eigenvalue weighted by molar-refractivity contribution is -0.149. The number of piperidine rings is 2. The van der Waals surface area contributed by atoms with Gasteiger partial charge in [0, 0.05) is 69.8 Å². The van der Waals surface area contributed by atoms with Gasteiger partial charge >= 0.3 is 18.2 Å². The van der Waals surface area contributed by atoms with Gasteiger partial charge in [-0.2, -0.15) is 0 Å². The Balaban J connectivity index is 0.000000275. The van der Waals surface area contributed by atoms with Crippen molar-refractivity contribution in [2.75, 3.05) is 46.0 Å². The van der Waals surface area contributed by atoms with Crippen LogP contribution >= 0.6 is 0 Å². The number of hydrogen-bond acceptors (Lipinski definition) is 12. The summed E-state index contributed by atoms with van der Waals surface area (Å²) in [6.07, 6.45) is 11.3. The molecule has 0 spiro atoms. The summed E-state index contributed by atoms with van der Waals surface area (Å²) < 4.78 is 20.6. The summed E-state index contributed by atoms with van der Waals surface area (Å²) in [5.41, 5.74) is 0.788. The molecule has 0 unspecified atom stereocenters. The number of ether oxygens (including phenoxy) is 4. The maximum absolute atomic E-state index is 12.3. The summed E-state index contributed by atoms with van der Waals surface area (Å²) in [7, 11) is 0. The van der Waals surface area contributed by atoms with Gasteiger partial charge in [0.25, 0.3) is 0 Å². The maximum Gasteiger partial charge on any atom is 0.410 e. The zero-order valence-corrected chi connectivity index (χ0v) is 32.5. The Bertz CT molecular complexity index is 1320. The van der Waals surface area contributed by atoms with Gasteiger partial charge < -0.3 is 28.7 Å². The summed E-state index contributed by atoms with van der Waals surface area (Å²) in [6.45, 7) is 19.5. The number of Topliss-reactive ketones (excluding diaryl/α,β-unsaturated/α-hetero) is 1. The van der Waals surface area contributed by atoms with Gasteiger partial charge in [0.2, 0.25) is 0 Å². The van der Waals surface area contributed by atoms with Crippen molar-refractivity contribution < 1.29 is 38.1 Å². The van der Waals surface area contributed by atoms with E-state index in [1.54, 1.807) is 35.2 Å². The first-order valence-corrected chi connectivity index (χ1v) is 18.3. The fraction of sp³-hybridized carbons (Fsp3) is 0.684. The Morgan fingerprint density at radius 2 is 1.23 bits per heavy atom. The molecule has 14 nitrogen and oxygen atoms in total. The van der Waals surface area contributed by atoms with Crippen LogP contribution < -0.4 is 0 Å². The molecule has 290 valence electrons. The third kappa shape index (κ3) is 18.9. The largest absolute Gasteiger partial charge is 0.466 e. The Labute approximate surface area is 309 Å². The van der Waals surface area contributed by atoms with Crippen molar-refractivity contribution in [3.8, 4) is 0 Å². The average molecular weight is 729 g/mol. The molecule has 0 N–H and O–H groups in total. The molecule has 0 aliphatic carbocycles. The first-order chi connectivity index (χ1) is 24.6. The molecule has 3 aliphatic rings. The van der Waals surface area contributed by atoms with Crippen molar-refractivity contribution in [1.29, 1.82) is 0 Å². The molecule has 0 radical (unpaired) electrons. The van der Waals surface area contributed by atoms with Gasteiger partial charge in [-0.15, -0.1) is 0 Å². The van der Waals surface area contributed by atoms with Crippen LogP contribution in [0.4, 0.5) is 9.59 Å². The Morgan fingerprint density at radius 1 is 0.750 bits per heavy atom. The van der Waals surface area contributed by atoms with E-state index < -0.39 is 11.2 Å². The number of likely N-dealkylation sites (tertiary alicyclic amines) is 2. The summed E-state index contributed by atoms with van der Waals surface area (Å²) in [5, 5.41) is 0. The highest BCUT2D eigenvalue weighted by molar-refractivity contribution is 5.83. The number of carbonyl (C=O) groups excluding carboxylic acids is 4. The Morgan fingerprint density at radius 3 is 1.58 bits per heavy atom. The fourth-order valence-corrected chi connectivity index (χ4v) is 5.21. The molecule has 3 aliphatic heterocycles. The van der Waals surface area contributed by atoms with Crippen LogP contribution in [0.25, 0.3) is 0 Å². The molecule has 5 rings (SSSR count). The molecule has 5 heterocycles. The fourth-order valence-electron chi connectivity index (χ4n) is 5.21. The first-order valence-electron chi connectivity index (χ1n) is 18.3. The van der Waals surface area contributed by atoms with Crippen LogP contribution in [0.1, 0.15) is 98.4 Å². The molecule has 0 atom stereocenters. The quantitative estimate of drug-likeness (QED) is 0.261. The van der Waals surface area contributed by atoms with Crippen LogP contribution in [0.5, 0.6) is 0 Å². The van der Waals surface area contributed by atoms with Gasteiger partial charge in [0.05, 0.1) is 18.2 Å². The molecule has 3 fully saturated rings. The lowest BCUT2D eigenvalue weighted by atomic mass is 9.90. The Kier molecular flexibility index (Phi) is 19.2. The summed E-state index contributed by atoms with van der Waals surface area (Å²) in [5.74, 6) is -0.0545. The molecule has 52 heavy (non-hydrogen) atoms. The molecule has 3 saturated heterocycles. The van der Waals surface area contributed by atoms with Crippen molar-refractivity contribution in [1.82, 2.24) is 29.7 Å². The normalized spacial score (nSPS) is 16.5. The van der Waals surface area contributed by atoms with Gasteiger partial charge in [0.1, 0.15) is 29.6 Å². The topological polar surface area (TPSA) is 163 Å².